The SMILES string of the molecule is Cc1ccccc1C(=O)NC(NC(=S)Nc1c(Cl)cc(Cl)cc1Cl)C(Cl)(Cl)Cl. The highest BCUT2D eigenvalue weighted by Gasteiger charge is 2.35. The number of alkyl halides is 3. The zero-order valence-electron chi connectivity index (χ0n) is 14.1. The van der Waals surface area contributed by atoms with Gasteiger partial charge >= 0.3 is 0 Å². The predicted octanol–water partition coefficient (Wildman–Crippen LogP) is 6.37. The van der Waals surface area contributed by atoms with Crippen molar-refractivity contribution >= 4 is 98.5 Å². The molecule has 0 spiro atoms. The van der Waals surface area contributed by atoms with Crippen LogP contribution < -0.4 is 16.0 Å². The molecule has 0 heterocycles. The number of carbonyl (C=O) groups is 1. The van der Waals surface area contributed by atoms with Crippen LogP contribution in [-0.4, -0.2) is 21.0 Å². The highest BCUT2D eigenvalue weighted by atomic mass is 35.6. The van der Waals surface area contributed by atoms with Crippen LogP contribution in [0.1, 0.15) is 15.9 Å². The van der Waals surface area contributed by atoms with Gasteiger partial charge in [-0.25, -0.2) is 0 Å². The smallest absolute Gasteiger partial charge is 0.253 e. The summed E-state index contributed by atoms with van der Waals surface area (Å²) in [5.41, 5.74) is 1.52. The maximum absolute atomic E-state index is 12.6. The van der Waals surface area contributed by atoms with Gasteiger partial charge in [0, 0.05) is 10.6 Å². The molecule has 4 nitrogen and oxygen atoms in total. The normalized spacial score (nSPS) is 12.2. The Kier molecular flexibility index (Phi) is 8.35. The molecule has 0 fully saturated rings. The molecule has 1 unspecified atom stereocenters. The Labute approximate surface area is 197 Å². The molecule has 0 aromatic heterocycles. The van der Waals surface area contributed by atoms with E-state index in [-0.39, 0.29) is 15.2 Å². The van der Waals surface area contributed by atoms with Crippen LogP contribution in [0.25, 0.3) is 0 Å². The summed E-state index contributed by atoms with van der Waals surface area (Å²) in [6, 6.07) is 9.98. The zero-order chi connectivity index (χ0) is 21.1. The van der Waals surface area contributed by atoms with Crippen molar-refractivity contribution in [3.63, 3.8) is 0 Å². The molecule has 0 aliphatic heterocycles. The number of benzene rings is 2. The number of rotatable bonds is 4. The molecule has 2 aromatic carbocycles. The minimum Gasteiger partial charge on any atom is -0.339 e. The summed E-state index contributed by atoms with van der Waals surface area (Å²) in [5, 5.41) is 9.03. The zero-order valence-corrected chi connectivity index (χ0v) is 19.5. The van der Waals surface area contributed by atoms with Crippen LogP contribution in [0.4, 0.5) is 5.69 Å². The number of carbonyl (C=O) groups excluding carboxylic acids is 1. The van der Waals surface area contributed by atoms with E-state index < -0.39 is 15.9 Å². The van der Waals surface area contributed by atoms with Gasteiger partial charge in [-0.1, -0.05) is 87.8 Å². The molecule has 28 heavy (non-hydrogen) atoms. The van der Waals surface area contributed by atoms with Gasteiger partial charge in [-0.3, -0.25) is 4.79 Å². The molecule has 0 radical (unpaired) electrons. The molecule has 0 aliphatic carbocycles. The molecule has 0 saturated carbocycles. The average Bonchev–Trinajstić information content (AvgIpc) is 2.57. The number of nitrogens with one attached hydrogen (secondary N) is 3. The highest BCUT2D eigenvalue weighted by molar-refractivity contribution is 7.80. The van der Waals surface area contributed by atoms with Crippen molar-refractivity contribution in [1.82, 2.24) is 10.6 Å². The Morgan fingerprint density at radius 1 is 1.04 bits per heavy atom. The summed E-state index contributed by atoms with van der Waals surface area (Å²) >= 11 is 41.3. The standard InChI is InChI=1S/C17H13Cl6N3OS/c1-8-4-2-3-5-10(8)14(27)25-15(17(21,22)23)26-16(28)24-13-11(19)6-9(18)7-12(13)20/h2-7,15H,1H3,(H,25,27)(H2,24,26,28). The van der Waals surface area contributed by atoms with E-state index in [0.29, 0.717) is 16.3 Å². The third-order valence-electron chi connectivity index (χ3n) is 3.51. The quantitative estimate of drug-likeness (QED) is 0.250. The van der Waals surface area contributed by atoms with Gasteiger partial charge in [0.05, 0.1) is 15.7 Å². The fourth-order valence-corrected chi connectivity index (χ4v) is 3.64. The lowest BCUT2D eigenvalue weighted by Crippen LogP contribution is -2.56. The summed E-state index contributed by atoms with van der Waals surface area (Å²) in [6.45, 7) is 1.80. The van der Waals surface area contributed by atoms with E-state index in [2.05, 4.69) is 16.0 Å². The van der Waals surface area contributed by atoms with Crippen molar-refractivity contribution in [2.45, 2.75) is 16.9 Å². The highest BCUT2D eigenvalue weighted by Crippen LogP contribution is 2.34. The van der Waals surface area contributed by atoms with Crippen LogP contribution in [0.15, 0.2) is 36.4 Å². The van der Waals surface area contributed by atoms with E-state index in [1.165, 1.54) is 12.1 Å². The lowest BCUT2D eigenvalue weighted by atomic mass is 10.1. The first-order valence-corrected chi connectivity index (χ1v) is 10.3. The van der Waals surface area contributed by atoms with E-state index in [1.54, 1.807) is 25.1 Å². The van der Waals surface area contributed by atoms with Crippen molar-refractivity contribution in [1.29, 1.82) is 0 Å². The van der Waals surface area contributed by atoms with Crippen molar-refractivity contribution in [3.05, 3.63) is 62.6 Å². The molecule has 0 saturated heterocycles. The Morgan fingerprint density at radius 3 is 2.14 bits per heavy atom. The Bertz CT molecular complexity index is 880. The fourth-order valence-electron chi connectivity index (χ4n) is 2.18. The maximum Gasteiger partial charge on any atom is 0.253 e. The van der Waals surface area contributed by atoms with E-state index in [0.717, 1.165) is 5.56 Å². The summed E-state index contributed by atoms with van der Waals surface area (Å²) in [7, 11) is 0. The van der Waals surface area contributed by atoms with Crippen LogP contribution in [0.5, 0.6) is 0 Å². The molecule has 11 heteroatoms. The first-order chi connectivity index (χ1) is 13.0. The molecule has 0 aliphatic rings. The fraction of sp³-hybridized carbons (Fsp3) is 0.176. The van der Waals surface area contributed by atoms with Crippen LogP contribution in [0, 0.1) is 6.92 Å². The van der Waals surface area contributed by atoms with Crippen molar-refractivity contribution in [2.24, 2.45) is 0 Å². The largest absolute Gasteiger partial charge is 0.339 e. The second-order valence-electron chi connectivity index (χ2n) is 5.61. The first kappa shape index (κ1) is 23.6. The molecular weight excluding hydrogens is 507 g/mol. The van der Waals surface area contributed by atoms with Gasteiger partial charge in [0.25, 0.3) is 5.91 Å². The molecule has 150 valence electrons. The van der Waals surface area contributed by atoms with Crippen molar-refractivity contribution in [3.8, 4) is 0 Å². The van der Waals surface area contributed by atoms with Crippen LogP contribution in [-0.2, 0) is 0 Å². The number of halogens is 6. The summed E-state index contributed by atoms with van der Waals surface area (Å²) in [6.07, 6.45) is -1.14. The summed E-state index contributed by atoms with van der Waals surface area (Å²) < 4.78 is -1.91. The maximum atomic E-state index is 12.6. The number of aryl methyl sites for hydroxylation is 1. The second-order valence-corrected chi connectivity index (χ2v) is 9.63. The van der Waals surface area contributed by atoms with Gasteiger partial charge in [0.2, 0.25) is 3.79 Å². The Hall–Kier alpha value is -0.660. The van der Waals surface area contributed by atoms with Gasteiger partial charge in [-0.15, -0.1) is 0 Å². The van der Waals surface area contributed by atoms with Crippen LogP contribution in [0.3, 0.4) is 0 Å². The molecule has 2 aromatic rings. The van der Waals surface area contributed by atoms with Gasteiger partial charge in [0.15, 0.2) is 5.11 Å². The van der Waals surface area contributed by atoms with Gasteiger partial charge in [0.1, 0.15) is 6.17 Å². The first-order valence-electron chi connectivity index (χ1n) is 7.64. The van der Waals surface area contributed by atoms with Crippen molar-refractivity contribution < 1.29 is 4.79 Å². The van der Waals surface area contributed by atoms with Crippen molar-refractivity contribution in [2.75, 3.05) is 5.32 Å². The predicted molar refractivity (Wildman–Crippen MR) is 124 cm³/mol. The second kappa shape index (κ2) is 9.90. The number of amides is 1. The number of thiocarbonyl (C=S) groups is 1. The average molecular weight is 520 g/mol. The third-order valence-corrected chi connectivity index (χ3v) is 5.20. The topological polar surface area (TPSA) is 53.2 Å². The molecular formula is C17H13Cl6N3OS. The van der Waals surface area contributed by atoms with Gasteiger partial charge in [-0.05, 0) is 42.9 Å². The molecule has 2 rings (SSSR count). The Morgan fingerprint density at radius 2 is 1.61 bits per heavy atom. The van der Waals surface area contributed by atoms with Gasteiger partial charge < -0.3 is 16.0 Å². The van der Waals surface area contributed by atoms with E-state index in [4.69, 9.17) is 81.8 Å². The lowest BCUT2D eigenvalue weighted by Gasteiger charge is -2.28. The Balaban J connectivity index is 2.16. The minimum absolute atomic E-state index is 0.0209. The van der Waals surface area contributed by atoms with E-state index in [9.17, 15) is 4.79 Å². The molecule has 3 N–H and O–H groups in total. The summed E-state index contributed by atoms with van der Waals surface area (Å²) in [5.74, 6) is -0.438. The lowest BCUT2D eigenvalue weighted by molar-refractivity contribution is 0.0934. The molecule has 1 atom stereocenters. The number of hydrogen-bond acceptors (Lipinski definition) is 2. The molecule has 1 amide bonds. The van der Waals surface area contributed by atoms with E-state index in [1.807, 2.05) is 6.07 Å². The van der Waals surface area contributed by atoms with Crippen LogP contribution in [0.2, 0.25) is 15.1 Å². The summed E-state index contributed by atoms with van der Waals surface area (Å²) in [4.78, 5) is 12.6. The van der Waals surface area contributed by atoms with Gasteiger partial charge in [-0.2, -0.15) is 0 Å². The molecule has 0 bridgehead atoms. The minimum atomic E-state index is -1.91. The third kappa shape index (κ3) is 6.42. The van der Waals surface area contributed by atoms with Crippen LogP contribution >= 0.6 is 81.8 Å². The monoisotopic (exact) mass is 517 g/mol. The number of hydrogen-bond donors (Lipinski definition) is 3. The number of anilines is 1. The van der Waals surface area contributed by atoms with E-state index >= 15 is 0 Å².